The van der Waals surface area contributed by atoms with Gasteiger partial charge >= 0.3 is 0 Å². The standard InChI is InChI=1S/C18H26O4S/c1-14-7-11-17(12-8-14)23(19,20)21-13-16-10-9-15-5-3-2-4-6-18(15)22-16/h7-8,11-12,15-16,18H,2-6,9-10,13H2,1H3. The lowest BCUT2D eigenvalue weighted by Gasteiger charge is -2.35. The van der Waals surface area contributed by atoms with Gasteiger partial charge in [-0.25, -0.2) is 0 Å². The first-order valence-corrected chi connectivity index (χ1v) is 10.1. The molecule has 1 aliphatic carbocycles. The molecule has 1 saturated carbocycles. The highest BCUT2D eigenvalue weighted by atomic mass is 32.2. The van der Waals surface area contributed by atoms with Gasteiger partial charge in [-0.05, 0) is 50.7 Å². The number of benzene rings is 1. The van der Waals surface area contributed by atoms with E-state index in [0.717, 1.165) is 24.8 Å². The summed E-state index contributed by atoms with van der Waals surface area (Å²) in [5.74, 6) is 0.655. The Morgan fingerprint density at radius 3 is 2.57 bits per heavy atom. The fourth-order valence-electron chi connectivity index (χ4n) is 3.64. The van der Waals surface area contributed by atoms with Crippen molar-refractivity contribution < 1.29 is 17.3 Å². The fourth-order valence-corrected chi connectivity index (χ4v) is 4.57. The average Bonchev–Trinajstić information content (AvgIpc) is 2.78. The van der Waals surface area contributed by atoms with Gasteiger partial charge in [0.15, 0.2) is 0 Å². The van der Waals surface area contributed by atoms with Crippen LogP contribution in [0.2, 0.25) is 0 Å². The molecule has 1 heterocycles. The van der Waals surface area contributed by atoms with Gasteiger partial charge in [0.1, 0.15) is 0 Å². The third kappa shape index (κ3) is 4.34. The van der Waals surface area contributed by atoms with Crippen LogP contribution >= 0.6 is 0 Å². The largest absolute Gasteiger partial charge is 0.372 e. The number of ether oxygens (including phenoxy) is 1. The topological polar surface area (TPSA) is 52.6 Å². The normalized spacial score (nSPS) is 28.8. The van der Waals surface area contributed by atoms with E-state index in [1.807, 2.05) is 6.92 Å². The Balaban J connectivity index is 1.56. The Bertz CT molecular complexity index is 608. The van der Waals surface area contributed by atoms with Crippen LogP contribution in [0, 0.1) is 12.8 Å². The van der Waals surface area contributed by atoms with Crippen LogP contribution < -0.4 is 0 Å². The Kier molecular flexibility index (Phi) is 5.39. The van der Waals surface area contributed by atoms with Crippen molar-refractivity contribution in [3.8, 4) is 0 Å². The molecule has 3 rings (SSSR count). The molecule has 2 aliphatic rings. The van der Waals surface area contributed by atoms with Crippen LogP contribution in [0.25, 0.3) is 0 Å². The van der Waals surface area contributed by atoms with Crippen LogP contribution in [-0.2, 0) is 19.0 Å². The number of hydrogen-bond acceptors (Lipinski definition) is 4. The van der Waals surface area contributed by atoms with Crippen molar-refractivity contribution in [2.75, 3.05) is 6.61 Å². The first kappa shape index (κ1) is 16.9. The van der Waals surface area contributed by atoms with E-state index in [2.05, 4.69) is 0 Å². The summed E-state index contributed by atoms with van der Waals surface area (Å²) in [5, 5.41) is 0. The summed E-state index contributed by atoms with van der Waals surface area (Å²) >= 11 is 0. The average molecular weight is 338 g/mol. The maximum Gasteiger partial charge on any atom is 0.297 e. The molecule has 0 amide bonds. The molecule has 23 heavy (non-hydrogen) atoms. The smallest absolute Gasteiger partial charge is 0.297 e. The summed E-state index contributed by atoms with van der Waals surface area (Å²) < 4.78 is 35.9. The molecule has 3 atom stereocenters. The van der Waals surface area contributed by atoms with E-state index in [-0.39, 0.29) is 17.6 Å². The molecule has 1 aromatic carbocycles. The van der Waals surface area contributed by atoms with Crippen LogP contribution in [0.5, 0.6) is 0 Å². The van der Waals surface area contributed by atoms with Crippen molar-refractivity contribution in [1.82, 2.24) is 0 Å². The van der Waals surface area contributed by atoms with Crippen molar-refractivity contribution in [3.05, 3.63) is 29.8 Å². The molecule has 4 nitrogen and oxygen atoms in total. The minimum Gasteiger partial charge on any atom is -0.372 e. The second-order valence-electron chi connectivity index (χ2n) is 6.82. The second kappa shape index (κ2) is 7.32. The van der Waals surface area contributed by atoms with Crippen LogP contribution in [0.15, 0.2) is 29.2 Å². The highest BCUT2D eigenvalue weighted by molar-refractivity contribution is 7.86. The minimum absolute atomic E-state index is 0.102. The molecule has 0 radical (unpaired) electrons. The van der Waals surface area contributed by atoms with Crippen molar-refractivity contribution in [2.45, 2.75) is 69.0 Å². The van der Waals surface area contributed by atoms with Gasteiger partial charge in [-0.1, -0.05) is 37.0 Å². The van der Waals surface area contributed by atoms with Gasteiger partial charge in [0.05, 0.1) is 23.7 Å². The molecule has 0 bridgehead atoms. The summed E-state index contributed by atoms with van der Waals surface area (Å²) in [5.41, 5.74) is 1.03. The van der Waals surface area contributed by atoms with Gasteiger partial charge in [0.2, 0.25) is 0 Å². The maximum atomic E-state index is 12.2. The summed E-state index contributed by atoms with van der Waals surface area (Å²) in [7, 11) is -3.69. The highest BCUT2D eigenvalue weighted by Crippen LogP contribution is 2.35. The number of hydrogen-bond donors (Lipinski definition) is 0. The lowest BCUT2D eigenvalue weighted by Crippen LogP contribution is -2.37. The van der Waals surface area contributed by atoms with E-state index in [1.54, 1.807) is 24.3 Å². The first-order chi connectivity index (χ1) is 11.0. The van der Waals surface area contributed by atoms with Gasteiger partial charge in [-0.3, -0.25) is 4.18 Å². The van der Waals surface area contributed by atoms with Crippen LogP contribution in [0.4, 0.5) is 0 Å². The van der Waals surface area contributed by atoms with E-state index in [1.165, 1.54) is 25.7 Å². The molecule has 5 heteroatoms. The molecular weight excluding hydrogens is 312 g/mol. The molecule has 3 unspecified atom stereocenters. The van der Waals surface area contributed by atoms with E-state index in [9.17, 15) is 8.42 Å². The Morgan fingerprint density at radius 1 is 1.04 bits per heavy atom. The third-order valence-electron chi connectivity index (χ3n) is 5.03. The molecule has 1 aliphatic heterocycles. The predicted molar refractivity (Wildman–Crippen MR) is 88.8 cm³/mol. The molecule has 0 N–H and O–H groups in total. The summed E-state index contributed by atoms with van der Waals surface area (Å²) in [6.45, 7) is 2.05. The third-order valence-corrected chi connectivity index (χ3v) is 6.33. The van der Waals surface area contributed by atoms with Gasteiger partial charge < -0.3 is 4.74 Å². The predicted octanol–water partition coefficient (Wildman–Crippen LogP) is 3.83. The molecule has 0 aromatic heterocycles. The number of rotatable bonds is 4. The number of aryl methyl sites for hydroxylation is 1. The van der Waals surface area contributed by atoms with E-state index in [0.29, 0.717) is 12.0 Å². The quantitative estimate of drug-likeness (QED) is 0.783. The summed E-state index contributed by atoms with van der Waals surface area (Å²) in [6, 6.07) is 6.74. The van der Waals surface area contributed by atoms with Gasteiger partial charge in [0.25, 0.3) is 10.1 Å². The number of fused-ring (bicyclic) bond motifs is 1. The molecule has 1 aromatic rings. The molecule has 1 saturated heterocycles. The van der Waals surface area contributed by atoms with Gasteiger partial charge in [-0.2, -0.15) is 8.42 Å². The van der Waals surface area contributed by atoms with Gasteiger partial charge in [-0.15, -0.1) is 0 Å². The van der Waals surface area contributed by atoms with Crippen molar-refractivity contribution >= 4 is 10.1 Å². The summed E-state index contributed by atoms with van der Waals surface area (Å²) in [4.78, 5) is 0.214. The highest BCUT2D eigenvalue weighted by Gasteiger charge is 2.32. The lowest BCUT2D eigenvalue weighted by molar-refractivity contribution is -0.0984. The van der Waals surface area contributed by atoms with Crippen LogP contribution in [0.1, 0.15) is 50.5 Å². The van der Waals surface area contributed by atoms with Crippen LogP contribution in [0.3, 0.4) is 0 Å². The van der Waals surface area contributed by atoms with Crippen molar-refractivity contribution in [3.63, 3.8) is 0 Å². The minimum atomic E-state index is -3.69. The monoisotopic (exact) mass is 338 g/mol. The summed E-state index contributed by atoms with van der Waals surface area (Å²) in [6.07, 6.45) is 8.37. The van der Waals surface area contributed by atoms with E-state index >= 15 is 0 Å². The lowest BCUT2D eigenvalue weighted by atomic mass is 9.88. The van der Waals surface area contributed by atoms with E-state index in [4.69, 9.17) is 8.92 Å². The fraction of sp³-hybridized carbons (Fsp3) is 0.667. The SMILES string of the molecule is Cc1ccc(S(=O)(=O)OCC2CCC3CCCCCC3O2)cc1. The zero-order valence-electron chi connectivity index (χ0n) is 13.7. The second-order valence-corrected chi connectivity index (χ2v) is 8.44. The molecule has 0 spiro atoms. The zero-order chi connectivity index (χ0) is 16.3. The zero-order valence-corrected chi connectivity index (χ0v) is 14.6. The Labute approximate surface area is 139 Å². The van der Waals surface area contributed by atoms with Gasteiger partial charge in [0, 0.05) is 0 Å². The van der Waals surface area contributed by atoms with E-state index < -0.39 is 10.1 Å². The molecule has 2 fully saturated rings. The first-order valence-electron chi connectivity index (χ1n) is 8.66. The Morgan fingerprint density at radius 2 is 1.78 bits per heavy atom. The van der Waals surface area contributed by atoms with Crippen LogP contribution in [-0.4, -0.2) is 27.2 Å². The molecular formula is C18H26O4S. The van der Waals surface area contributed by atoms with Crippen molar-refractivity contribution in [1.29, 1.82) is 0 Å². The maximum absolute atomic E-state index is 12.2. The Hall–Kier alpha value is -0.910. The molecule has 128 valence electrons. The van der Waals surface area contributed by atoms with Crippen molar-refractivity contribution in [2.24, 2.45) is 5.92 Å².